The molecule has 2 N–H and O–H groups in total. The molecule has 148 valence electrons. The molecule has 1 aliphatic rings. The zero-order valence-corrected chi connectivity index (χ0v) is 20.0. The molecule has 3 rings (SSSR count). The second-order valence-corrected chi connectivity index (χ2v) is 7.54. The van der Waals surface area contributed by atoms with Gasteiger partial charge in [0.1, 0.15) is 5.82 Å². The molecule has 0 saturated carbocycles. The summed E-state index contributed by atoms with van der Waals surface area (Å²) in [5.74, 6) is 2.90. The van der Waals surface area contributed by atoms with Crippen LogP contribution in [0, 0.1) is 6.92 Å². The van der Waals surface area contributed by atoms with E-state index in [2.05, 4.69) is 75.6 Å². The molecule has 0 amide bonds. The molecule has 8 heteroatoms. The first-order chi connectivity index (χ1) is 12.6. The average molecular weight is 547 g/mol. The van der Waals surface area contributed by atoms with Gasteiger partial charge in [-0.2, -0.15) is 5.10 Å². The largest absolute Gasteiger partial charge is 0.357 e. The SMILES string of the molecule is CCNC(=NCc1ccc(Br)cc1C)NC1CCc2nc(CC)nn2C1.I. The highest BCUT2D eigenvalue weighted by molar-refractivity contribution is 14.0. The molecule has 1 unspecified atom stereocenters. The van der Waals surface area contributed by atoms with Crippen LogP contribution >= 0.6 is 39.9 Å². The van der Waals surface area contributed by atoms with Gasteiger partial charge in [-0.15, -0.1) is 24.0 Å². The van der Waals surface area contributed by atoms with Crippen molar-refractivity contribution in [2.45, 2.75) is 59.2 Å². The van der Waals surface area contributed by atoms with Gasteiger partial charge in [-0.05, 0) is 43.5 Å². The first kappa shape index (κ1) is 22.1. The lowest BCUT2D eigenvalue weighted by atomic mass is 10.1. The summed E-state index contributed by atoms with van der Waals surface area (Å²) >= 11 is 3.51. The van der Waals surface area contributed by atoms with E-state index < -0.39 is 0 Å². The van der Waals surface area contributed by atoms with E-state index in [0.717, 1.165) is 54.4 Å². The van der Waals surface area contributed by atoms with Crippen molar-refractivity contribution in [1.82, 2.24) is 25.4 Å². The van der Waals surface area contributed by atoms with E-state index in [1.807, 2.05) is 4.68 Å². The fourth-order valence-electron chi connectivity index (χ4n) is 3.14. The summed E-state index contributed by atoms with van der Waals surface area (Å²) in [5.41, 5.74) is 2.48. The standard InChI is InChI=1S/C19H27BrN6.HI/c1-4-17-24-18-9-8-16(12-26(18)25-17)23-19(21-5-2)22-11-14-6-7-15(20)10-13(14)3;/h6-7,10,16H,4-5,8-9,11-12H2,1-3H3,(H2,21,22,23);1H. The van der Waals surface area contributed by atoms with Crippen molar-refractivity contribution in [3.63, 3.8) is 0 Å². The highest BCUT2D eigenvalue weighted by atomic mass is 127. The van der Waals surface area contributed by atoms with Gasteiger partial charge < -0.3 is 10.6 Å². The third-order valence-corrected chi connectivity index (χ3v) is 5.11. The molecule has 1 aliphatic heterocycles. The summed E-state index contributed by atoms with van der Waals surface area (Å²) in [6.07, 6.45) is 2.88. The maximum atomic E-state index is 4.78. The Kier molecular flexibility index (Phi) is 8.53. The molecule has 0 fully saturated rings. The van der Waals surface area contributed by atoms with Crippen LogP contribution in [0.5, 0.6) is 0 Å². The molecule has 27 heavy (non-hydrogen) atoms. The van der Waals surface area contributed by atoms with Crippen LogP contribution < -0.4 is 10.6 Å². The van der Waals surface area contributed by atoms with Crippen LogP contribution in [0.15, 0.2) is 27.7 Å². The summed E-state index contributed by atoms with van der Waals surface area (Å²) in [6.45, 7) is 8.64. The minimum Gasteiger partial charge on any atom is -0.357 e. The monoisotopic (exact) mass is 546 g/mol. The second kappa shape index (κ2) is 10.4. The van der Waals surface area contributed by atoms with Crippen LogP contribution in [0.3, 0.4) is 0 Å². The van der Waals surface area contributed by atoms with Gasteiger partial charge in [0.2, 0.25) is 0 Å². The number of guanidine groups is 1. The maximum Gasteiger partial charge on any atom is 0.191 e. The number of benzene rings is 1. The highest BCUT2D eigenvalue weighted by Gasteiger charge is 2.22. The zero-order chi connectivity index (χ0) is 18.5. The van der Waals surface area contributed by atoms with Gasteiger partial charge in [0.05, 0.1) is 13.1 Å². The number of halogens is 2. The Hall–Kier alpha value is -1.16. The number of aromatic nitrogens is 3. The van der Waals surface area contributed by atoms with Crippen LogP contribution in [0.25, 0.3) is 0 Å². The Morgan fingerprint density at radius 3 is 2.89 bits per heavy atom. The third-order valence-electron chi connectivity index (χ3n) is 4.62. The zero-order valence-electron chi connectivity index (χ0n) is 16.1. The van der Waals surface area contributed by atoms with Gasteiger partial charge in [0, 0.05) is 29.9 Å². The number of hydrogen-bond acceptors (Lipinski definition) is 3. The van der Waals surface area contributed by atoms with E-state index in [0.29, 0.717) is 12.6 Å². The van der Waals surface area contributed by atoms with Gasteiger partial charge >= 0.3 is 0 Å². The quantitative estimate of drug-likeness (QED) is 0.341. The van der Waals surface area contributed by atoms with E-state index in [-0.39, 0.29) is 24.0 Å². The van der Waals surface area contributed by atoms with Crippen molar-refractivity contribution in [2.75, 3.05) is 6.54 Å². The Balaban J connectivity index is 0.00000261. The highest BCUT2D eigenvalue weighted by Crippen LogP contribution is 2.17. The van der Waals surface area contributed by atoms with Gasteiger partial charge in [0.15, 0.2) is 11.8 Å². The topological polar surface area (TPSA) is 67.1 Å². The van der Waals surface area contributed by atoms with Gasteiger partial charge in [-0.25, -0.2) is 14.7 Å². The van der Waals surface area contributed by atoms with Crippen LogP contribution in [0.4, 0.5) is 0 Å². The number of rotatable bonds is 5. The van der Waals surface area contributed by atoms with E-state index >= 15 is 0 Å². The van der Waals surface area contributed by atoms with Crippen molar-refractivity contribution in [2.24, 2.45) is 4.99 Å². The van der Waals surface area contributed by atoms with Crippen LogP contribution in [0.1, 0.15) is 43.0 Å². The molecule has 1 aromatic heterocycles. The summed E-state index contributed by atoms with van der Waals surface area (Å²) in [6, 6.07) is 6.64. The Morgan fingerprint density at radius 2 is 2.19 bits per heavy atom. The van der Waals surface area contributed by atoms with Crippen molar-refractivity contribution in [3.05, 3.63) is 45.4 Å². The minimum absolute atomic E-state index is 0. The van der Waals surface area contributed by atoms with Gasteiger partial charge in [-0.3, -0.25) is 0 Å². The molecule has 1 atom stereocenters. The van der Waals surface area contributed by atoms with Crippen molar-refractivity contribution < 1.29 is 0 Å². The summed E-state index contributed by atoms with van der Waals surface area (Å²) in [4.78, 5) is 9.37. The van der Waals surface area contributed by atoms with E-state index in [4.69, 9.17) is 4.99 Å². The molecule has 0 aliphatic carbocycles. The van der Waals surface area contributed by atoms with Crippen LogP contribution in [0.2, 0.25) is 0 Å². The molecule has 6 nitrogen and oxygen atoms in total. The first-order valence-electron chi connectivity index (χ1n) is 9.31. The number of hydrogen-bond donors (Lipinski definition) is 2. The van der Waals surface area contributed by atoms with Gasteiger partial charge in [-0.1, -0.05) is 28.9 Å². The predicted octanol–water partition coefficient (Wildman–Crippen LogP) is 3.60. The minimum atomic E-state index is 0. The normalized spacial score (nSPS) is 16.4. The lowest BCUT2D eigenvalue weighted by molar-refractivity contribution is 0.392. The Labute approximate surface area is 186 Å². The smallest absolute Gasteiger partial charge is 0.191 e. The second-order valence-electron chi connectivity index (χ2n) is 6.63. The van der Waals surface area contributed by atoms with Crippen molar-refractivity contribution >= 4 is 45.9 Å². The Bertz CT molecular complexity index is 789. The molecule has 2 aromatic rings. The summed E-state index contributed by atoms with van der Waals surface area (Å²) < 4.78 is 3.15. The number of aliphatic imine (C=N–C) groups is 1. The maximum absolute atomic E-state index is 4.78. The lowest BCUT2D eigenvalue weighted by Gasteiger charge is -2.25. The van der Waals surface area contributed by atoms with Gasteiger partial charge in [0.25, 0.3) is 0 Å². The van der Waals surface area contributed by atoms with E-state index in [9.17, 15) is 0 Å². The molecular formula is C19H28BrIN6. The third kappa shape index (κ3) is 5.91. The number of fused-ring (bicyclic) bond motifs is 1. The lowest BCUT2D eigenvalue weighted by Crippen LogP contribution is -2.47. The van der Waals surface area contributed by atoms with Crippen molar-refractivity contribution in [1.29, 1.82) is 0 Å². The van der Waals surface area contributed by atoms with Crippen molar-refractivity contribution in [3.8, 4) is 0 Å². The number of nitrogens with one attached hydrogen (secondary N) is 2. The fraction of sp³-hybridized carbons (Fsp3) is 0.526. The van der Waals surface area contributed by atoms with Crippen LogP contribution in [-0.2, 0) is 25.9 Å². The molecule has 0 bridgehead atoms. The van der Waals surface area contributed by atoms with Crippen LogP contribution in [-0.4, -0.2) is 33.3 Å². The molecule has 1 aromatic carbocycles. The molecular weight excluding hydrogens is 519 g/mol. The number of aryl methyl sites for hydroxylation is 3. The summed E-state index contributed by atoms with van der Waals surface area (Å²) in [5, 5.41) is 11.5. The molecule has 0 saturated heterocycles. The first-order valence-corrected chi connectivity index (χ1v) is 10.1. The van der Waals surface area contributed by atoms with E-state index in [1.165, 1.54) is 11.1 Å². The fourth-order valence-corrected chi connectivity index (χ4v) is 3.62. The summed E-state index contributed by atoms with van der Waals surface area (Å²) in [7, 11) is 0. The Morgan fingerprint density at radius 1 is 1.37 bits per heavy atom. The molecule has 0 radical (unpaired) electrons. The molecule has 2 heterocycles. The number of nitrogens with zero attached hydrogens (tertiary/aromatic N) is 4. The average Bonchev–Trinajstić information content (AvgIpc) is 3.03. The van der Waals surface area contributed by atoms with E-state index in [1.54, 1.807) is 0 Å². The molecule has 0 spiro atoms. The predicted molar refractivity (Wildman–Crippen MR) is 124 cm³/mol.